The van der Waals surface area contributed by atoms with Gasteiger partial charge in [-0.2, -0.15) is 0 Å². The number of hydrogen-bond donors (Lipinski definition) is 1. The molecule has 2 nitrogen and oxygen atoms in total. The molecule has 0 spiro atoms. The molecule has 0 aromatic carbocycles. The van der Waals surface area contributed by atoms with Crippen LogP contribution in [0, 0.1) is 5.92 Å². The van der Waals surface area contributed by atoms with Crippen LogP contribution in [-0.4, -0.2) is 11.5 Å². The summed E-state index contributed by atoms with van der Waals surface area (Å²) in [7, 11) is 0. The molecular formula is C11H18N2. The van der Waals surface area contributed by atoms with Gasteiger partial charge >= 0.3 is 0 Å². The zero-order valence-electron chi connectivity index (χ0n) is 8.62. The smallest absolute Gasteiger partial charge is 0.0570 e. The molecule has 72 valence electrons. The quantitative estimate of drug-likeness (QED) is 0.765. The Morgan fingerprint density at radius 2 is 2.08 bits per heavy atom. The lowest BCUT2D eigenvalue weighted by Crippen LogP contribution is -2.23. The third-order valence-corrected chi connectivity index (χ3v) is 1.96. The molecule has 1 aromatic heterocycles. The molecule has 1 atom stereocenters. The van der Waals surface area contributed by atoms with Crippen molar-refractivity contribution in [3.63, 3.8) is 0 Å². The molecule has 0 aliphatic heterocycles. The monoisotopic (exact) mass is 178 g/mol. The molecule has 1 heterocycles. The Hall–Kier alpha value is -0.890. The first-order valence-electron chi connectivity index (χ1n) is 4.84. The minimum absolute atomic E-state index is 0.351. The molecule has 0 aliphatic rings. The molecule has 0 saturated heterocycles. The highest BCUT2D eigenvalue weighted by Crippen LogP contribution is 2.07. The largest absolute Gasteiger partial charge is 0.309 e. The molecule has 1 rings (SSSR count). The molecule has 0 unspecified atom stereocenters. The fourth-order valence-corrected chi connectivity index (χ4v) is 1.15. The lowest BCUT2D eigenvalue weighted by Gasteiger charge is -2.14. The lowest BCUT2D eigenvalue weighted by molar-refractivity contribution is 0.490. The van der Waals surface area contributed by atoms with Gasteiger partial charge in [-0.3, -0.25) is 4.98 Å². The molecule has 0 bridgehead atoms. The van der Waals surface area contributed by atoms with Crippen molar-refractivity contribution in [2.24, 2.45) is 5.92 Å². The molecule has 0 saturated carbocycles. The second-order valence-corrected chi connectivity index (χ2v) is 3.78. The van der Waals surface area contributed by atoms with E-state index in [0.717, 1.165) is 12.2 Å². The highest BCUT2D eigenvalue weighted by molar-refractivity contribution is 5.07. The third-order valence-electron chi connectivity index (χ3n) is 1.96. The molecule has 0 radical (unpaired) electrons. The van der Waals surface area contributed by atoms with Crippen LogP contribution in [-0.2, 0) is 0 Å². The minimum Gasteiger partial charge on any atom is -0.309 e. The van der Waals surface area contributed by atoms with Crippen LogP contribution in [0.25, 0.3) is 0 Å². The van der Waals surface area contributed by atoms with E-state index in [1.807, 2.05) is 18.3 Å². The minimum atomic E-state index is 0.351. The van der Waals surface area contributed by atoms with Crippen LogP contribution in [0.4, 0.5) is 0 Å². The van der Waals surface area contributed by atoms with E-state index in [1.54, 1.807) is 0 Å². The standard InChI is InChI=1S/C11H18N2/c1-9(2)8-13-10(3)11-6-4-5-7-12-11/h4-7,9-10,13H,8H2,1-3H3/t10-/m0/s1. The van der Waals surface area contributed by atoms with Crippen molar-refractivity contribution in [1.82, 2.24) is 10.3 Å². The Morgan fingerprint density at radius 1 is 1.31 bits per heavy atom. The molecule has 0 aliphatic carbocycles. The predicted molar refractivity (Wildman–Crippen MR) is 55.5 cm³/mol. The van der Waals surface area contributed by atoms with Crippen molar-refractivity contribution in [3.8, 4) is 0 Å². The number of nitrogens with zero attached hydrogens (tertiary/aromatic N) is 1. The predicted octanol–water partition coefficient (Wildman–Crippen LogP) is 2.39. The van der Waals surface area contributed by atoms with E-state index < -0.39 is 0 Å². The summed E-state index contributed by atoms with van der Waals surface area (Å²) in [6, 6.07) is 6.37. The van der Waals surface area contributed by atoms with E-state index in [4.69, 9.17) is 0 Å². The SMILES string of the molecule is CC(C)CN[C@@H](C)c1ccccn1. The van der Waals surface area contributed by atoms with Gasteiger partial charge in [-0.15, -0.1) is 0 Å². The highest BCUT2D eigenvalue weighted by Gasteiger charge is 2.04. The van der Waals surface area contributed by atoms with Crippen LogP contribution in [0.3, 0.4) is 0 Å². The average molecular weight is 178 g/mol. The van der Waals surface area contributed by atoms with Crippen molar-refractivity contribution in [2.45, 2.75) is 26.8 Å². The third kappa shape index (κ3) is 3.55. The van der Waals surface area contributed by atoms with Crippen molar-refractivity contribution in [3.05, 3.63) is 30.1 Å². The second kappa shape index (κ2) is 4.97. The molecule has 0 amide bonds. The summed E-state index contributed by atoms with van der Waals surface area (Å²) in [4.78, 5) is 4.29. The van der Waals surface area contributed by atoms with E-state index in [1.165, 1.54) is 0 Å². The van der Waals surface area contributed by atoms with Crippen LogP contribution >= 0.6 is 0 Å². The first-order valence-corrected chi connectivity index (χ1v) is 4.84. The summed E-state index contributed by atoms with van der Waals surface area (Å²) < 4.78 is 0. The summed E-state index contributed by atoms with van der Waals surface area (Å²) >= 11 is 0. The van der Waals surface area contributed by atoms with Crippen LogP contribution in [0.2, 0.25) is 0 Å². The van der Waals surface area contributed by atoms with Gasteiger partial charge in [0.05, 0.1) is 5.69 Å². The first kappa shape index (κ1) is 10.2. The number of pyridine rings is 1. The Balaban J connectivity index is 2.44. The maximum atomic E-state index is 4.29. The maximum Gasteiger partial charge on any atom is 0.0570 e. The summed E-state index contributed by atoms with van der Waals surface area (Å²) in [5.74, 6) is 0.686. The van der Waals surface area contributed by atoms with Gasteiger partial charge in [-0.05, 0) is 31.5 Å². The Bertz CT molecular complexity index is 231. The van der Waals surface area contributed by atoms with Crippen molar-refractivity contribution < 1.29 is 0 Å². The van der Waals surface area contributed by atoms with Gasteiger partial charge in [0.2, 0.25) is 0 Å². The van der Waals surface area contributed by atoms with Gasteiger partial charge < -0.3 is 5.32 Å². The number of aromatic nitrogens is 1. The maximum absolute atomic E-state index is 4.29. The fourth-order valence-electron chi connectivity index (χ4n) is 1.15. The van der Waals surface area contributed by atoms with Crippen LogP contribution in [0.5, 0.6) is 0 Å². The van der Waals surface area contributed by atoms with Gasteiger partial charge in [-0.1, -0.05) is 19.9 Å². The van der Waals surface area contributed by atoms with Crippen LogP contribution in [0.15, 0.2) is 24.4 Å². The number of rotatable bonds is 4. The molecule has 1 N–H and O–H groups in total. The zero-order valence-corrected chi connectivity index (χ0v) is 8.62. The van der Waals surface area contributed by atoms with Gasteiger partial charge in [0.25, 0.3) is 0 Å². The normalized spacial score (nSPS) is 13.2. The van der Waals surface area contributed by atoms with E-state index in [2.05, 4.69) is 37.1 Å². The average Bonchev–Trinajstić information content (AvgIpc) is 2.15. The molecule has 1 aromatic rings. The topological polar surface area (TPSA) is 24.9 Å². The van der Waals surface area contributed by atoms with E-state index >= 15 is 0 Å². The number of hydrogen-bond acceptors (Lipinski definition) is 2. The lowest BCUT2D eigenvalue weighted by atomic mass is 10.1. The van der Waals surface area contributed by atoms with E-state index in [9.17, 15) is 0 Å². The van der Waals surface area contributed by atoms with E-state index in [-0.39, 0.29) is 0 Å². The Morgan fingerprint density at radius 3 is 2.62 bits per heavy atom. The molecule has 0 fully saturated rings. The second-order valence-electron chi connectivity index (χ2n) is 3.78. The Labute approximate surface area is 80.4 Å². The van der Waals surface area contributed by atoms with Crippen molar-refractivity contribution >= 4 is 0 Å². The van der Waals surface area contributed by atoms with Gasteiger partial charge in [0, 0.05) is 12.2 Å². The molecule has 2 heteroatoms. The van der Waals surface area contributed by atoms with Crippen molar-refractivity contribution in [1.29, 1.82) is 0 Å². The van der Waals surface area contributed by atoms with Gasteiger partial charge in [0.1, 0.15) is 0 Å². The molecular weight excluding hydrogens is 160 g/mol. The fraction of sp³-hybridized carbons (Fsp3) is 0.545. The number of nitrogens with one attached hydrogen (secondary N) is 1. The highest BCUT2D eigenvalue weighted by atomic mass is 14.9. The van der Waals surface area contributed by atoms with Gasteiger partial charge in [-0.25, -0.2) is 0 Å². The first-order chi connectivity index (χ1) is 6.20. The van der Waals surface area contributed by atoms with Gasteiger partial charge in [0.15, 0.2) is 0 Å². The summed E-state index contributed by atoms with van der Waals surface area (Å²) in [6.45, 7) is 7.60. The van der Waals surface area contributed by atoms with Crippen molar-refractivity contribution in [2.75, 3.05) is 6.54 Å². The zero-order chi connectivity index (χ0) is 9.68. The van der Waals surface area contributed by atoms with Crippen LogP contribution in [0.1, 0.15) is 32.5 Å². The van der Waals surface area contributed by atoms with E-state index in [0.29, 0.717) is 12.0 Å². The molecule has 13 heavy (non-hydrogen) atoms. The van der Waals surface area contributed by atoms with Crippen LogP contribution < -0.4 is 5.32 Å². The summed E-state index contributed by atoms with van der Waals surface area (Å²) in [5, 5.41) is 3.44. The summed E-state index contributed by atoms with van der Waals surface area (Å²) in [6.07, 6.45) is 1.84. The Kier molecular flexibility index (Phi) is 3.90. The summed E-state index contributed by atoms with van der Waals surface area (Å²) in [5.41, 5.74) is 1.11.